The lowest BCUT2D eigenvalue weighted by molar-refractivity contribution is -0.138. The van der Waals surface area contributed by atoms with E-state index in [1.807, 2.05) is 0 Å². The highest BCUT2D eigenvalue weighted by molar-refractivity contribution is 6.38. The molecule has 4 unspecified atom stereocenters. The van der Waals surface area contributed by atoms with E-state index in [0.29, 0.717) is 31.4 Å². The molecule has 1 aliphatic heterocycles. The van der Waals surface area contributed by atoms with Crippen LogP contribution in [0.3, 0.4) is 0 Å². The van der Waals surface area contributed by atoms with Gasteiger partial charge in [0.1, 0.15) is 6.04 Å². The van der Waals surface area contributed by atoms with Crippen LogP contribution >= 0.6 is 0 Å². The van der Waals surface area contributed by atoms with Crippen molar-refractivity contribution in [2.45, 2.75) is 124 Å². The molecular formula is C33H56N4O5. The van der Waals surface area contributed by atoms with Crippen LogP contribution in [0.1, 0.15) is 99.8 Å². The Morgan fingerprint density at radius 1 is 1.02 bits per heavy atom. The van der Waals surface area contributed by atoms with Gasteiger partial charge in [0.25, 0.3) is 0 Å². The van der Waals surface area contributed by atoms with Gasteiger partial charge < -0.3 is 25.6 Å². The number of likely N-dealkylation sites (tertiary alicyclic amines) is 1. The number of amides is 3. The number of Topliss-reactive ketones (excluding diaryl/α,β-unsaturated/α-hetero) is 2. The number of unbranched alkanes of at least 4 members (excludes halogenated alkanes) is 2. The minimum Gasteiger partial charge on any atom is -0.383 e. The van der Waals surface area contributed by atoms with Crippen LogP contribution in [0.25, 0.3) is 0 Å². The van der Waals surface area contributed by atoms with E-state index < -0.39 is 29.7 Å². The Hall–Kier alpha value is -2.42. The van der Waals surface area contributed by atoms with Crippen molar-refractivity contribution in [3.63, 3.8) is 0 Å². The third-order valence-electron chi connectivity index (χ3n) is 9.53. The zero-order valence-electron chi connectivity index (χ0n) is 27.3. The molecule has 0 aromatic carbocycles. The maximum absolute atomic E-state index is 13.8. The van der Waals surface area contributed by atoms with Crippen LogP contribution in [0.15, 0.2) is 12.3 Å². The molecule has 1 heterocycles. The number of methoxy groups -OCH3 is 1. The lowest BCUT2D eigenvalue weighted by Gasteiger charge is -2.42. The molecule has 3 rings (SSSR count). The number of fused-ring (bicyclic) bond motifs is 1. The van der Waals surface area contributed by atoms with Crippen LogP contribution in [0.2, 0.25) is 0 Å². The summed E-state index contributed by atoms with van der Waals surface area (Å²) in [6, 6.07) is -2.15. The van der Waals surface area contributed by atoms with Gasteiger partial charge in [-0.15, -0.1) is 0 Å². The van der Waals surface area contributed by atoms with Gasteiger partial charge in [-0.25, -0.2) is 4.79 Å². The van der Waals surface area contributed by atoms with Crippen molar-refractivity contribution in [2.75, 3.05) is 20.3 Å². The minimum atomic E-state index is -0.782. The molecule has 0 aromatic heterocycles. The molecule has 3 amide bonds. The number of hydrogen-bond acceptors (Lipinski definition) is 6. The van der Waals surface area contributed by atoms with Gasteiger partial charge >= 0.3 is 6.03 Å². The summed E-state index contributed by atoms with van der Waals surface area (Å²) in [5, 5.41) is 9.32. The maximum Gasteiger partial charge on any atom is 0.315 e. The molecule has 1 saturated heterocycles. The van der Waals surface area contributed by atoms with Gasteiger partial charge in [-0.05, 0) is 47.8 Å². The number of ether oxygens (including phenoxy) is 1. The first-order chi connectivity index (χ1) is 19.6. The number of rotatable bonds is 17. The van der Waals surface area contributed by atoms with E-state index in [2.05, 4.69) is 69.0 Å². The van der Waals surface area contributed by atoms with Crippen molar-refractivity contribution in [1.29, 1.82) is 0 Å². The van der Waals surface area contributed by atoms with Crippen LogP contribution in [-0.4, -0.2) is 72.8 Å². The molecule has 3 N–H and O–H groups in total. The molecule has 9 heteroatoms. The third-order valence-corrected chi connectivity index (χ3v) is 9.53. The average molecular weight is 589 g/mol. The van der Waals surface area contributed by atoms with Crippen molar-refractivity contribution in [2.24, 2.45) is 28.6 Å². The number of carbonyl (C=O) groups is 4. The second kappa shape index (κ2) is 13.9. The van der Waals surface area contributed by atoms with E-state index in [1.165, 1.54) is 6.92 Å². The molecule has 2 saturated carbocycles. The number of ketones is 2. The fraction of sp³-hybridized carbons (Fsp3) is 0.818. The summed E-state index contributed by atoms with van der Waals surface area (Å²) < 4.78 is 5.39. The van der Waals surface area contributed by atoms with E-state index in [1.54, 1.807) is 7.11 Å². The Kier molecular flexibility index (Phi) is 11.3. The first-order valence-corrected chi connectivity index (χ1v) is 16.0. The smallest absolute Gasteiger partial charge is 0.315 e. The quantitative estimate of drug-likeness (QED) is 0.169. The third kappa shape index (κ3) is 8.80. The zero-order chi connectivity index (χ0) is 31.4. The molecule has 42 heavy (non-hydrogen) atoms. The fourth-order valence-corrected chi connectivity index (χ4v) is 6.39. The Bertz CT molecular complexity index is 1010. The molecule has 0 spiro atoms. The summed E-state index contributed by atoms with van der Waals surface area (Å²) in [6.45, 7) is 19.5. The van der Waals surface area contributed by atoms with Gasteiger partial charge in [-0.1, -0.05) is 80.2 Å². The highest BCUT2D eigenvalue weighted by Gasteiger charge is 2.57. The SMILES string of the molecule is C=C(C(NC(=O)NC(COC)C(C)(C)C)C(C)(C)CCCCC)N1C[C@@H]2C[C@@H]2C1C(=O)NC(CC1CC1)C(=O)C(C)=O. The Morgan fingerprint density at radius 2 is 1.69 bits per heavy atom. The highest BCUT2D eigenvalue weighted by Crippen LogP contribution is 2.52. The van der Waals surface area contributed by atoms with Gasteiger partial charge in [0.05, 0.1) is 24.7 Å². The van der Waals surface area contributed by atoms with Gasteiger partial charge in [-0.3, -0.25) is 14.4 Å². The topological polar surface area (TPSA) is 117 Å². The monoisotopic (exact) mass is 588 g/mol. The summed E-state index contributed by atoms with van der Waals surface area (Å²) in [5.41, 5.74) is 0.189. The van der Waals surface area contributed by atoms with Crippen LogP contribution in [0.4, 0.5) is 4.79 Å². The number of piperidine rings is 1. The normalized spacial score (nSPS) is 23.8. The molecule has 238 valence electrons. The van der Waals surface area contributed by atoms with Crippen LogP contribution < -0.4 is 16.0 Å². The number of nitrogens with zero attached hydrogens (tertiary/aromatic N) is 1. The lowest BCUT2D eigenvalue weighted by atomic mass is 9.77. The average Bonchev–Trinajstić information content (AvgIpc) is 3.83. The number of hydrogen-bond donors (Lipinski definition) is 3. The van der Waals surface area contributed by atoms with Crippen molar-refractivity contribution < 1.29 is 23.9 Å². The predicted molar refractivity (Wildman–Crippen MR) is 165 cm³/mol. The maximum atomic E-state index is 13.8. The van der Waals surface area contributed by atoms with Crippen molar-refractivity contribution in [1.82, 2.24) is 20.9 Å². The van der Waals surface area contributed by atoms with Crippen molar-refractivity contribution in [3.8, 4) is 0 Å². The second-order valence-electron chi connectivity index (χ2n) is 14.8. The second-order valence-corrected chi connectivity index (χ2v) is 14.8. The standard InChI is InChI=1S/C33H56N4O5/c1-10-11-12-15-33(7,8)29(36-31(41)35-26(19-42-9)32(4,5)6)20(2)37-18-23-17-24(23)27(37)30(40)34-25(16-22-13-14-22)28(39)21(3)38/h22-27,29H,2,10-19H2,1,3-9H3,(H,34,40)(H2,35,36,41)/t23-,24-,25?,26?,27?,29?/m0/s1. The minimum absolute atomic E-state index is 0.181. The first kappa shape index (κ1) is 34.1. The summed E-state index contributed by atoms with van der Waals surface area (Å²) in [4.78, 5) is 54.0. The molecule has 0 radical (unpaired) electrons. The fourth-order valence-electron chi connectivity index (χ4n) is 6.39. The Labute approximate surface area is 253 Å². The highest BCUT2D eigenvalue weighted by atomic mass is 16.5. The molecular weight excluding hydrogens is 532 g/mol. The summed E-state index contributed by atoms with van der Waals surface area (Å²) in [7, 11) is 1.63. The summed E-state index contributed by atoms with van der Waals surface area (Å²) in [5.74, 6) is -0.324. The summed E-state index contributed by atoms with van der Waals surface area (Å²) in [6.07, 6.45) is 7.62. The predicted octanol–water partition coefficient (Wildman–Crippen LogP) is 4.60. The van der Waals surface area contributed by atoms with E-state index in [4.69, 9.17) is 4.74 Å². The molecule has 3 aliphatic rings. The van der Waals surface area contributed by atoms with Gasteiger partial charge in [0, 0.05) is 26.3 Å². The Morgan fingerprint density at radius 3 is 2.24 bits per heavy atom. The van der Waals surface area contributed by atoms with E-state index in [-0.39, 0.29) is 34.7 Å². The molecule has 0 bridgehead atoms. The van der Waals surface area contributed by atoms with Crippen LogP contribution in [0.5, 0.6) is 0 Å². The molecule has 9 nitrogen and oxygen atoms in total. The van der Waals surface area contributed by atoms with E-state index in [0.717, 1.165) is 50.6 Å². The van der Waals surface area contributed by atoms with E-state index in [9.17, 15) is 19.2 Å². The summed E-state index contributed by atoms with van der Waals surface area (Å²) >= 11 is 0. The molecule has 6 atom stereocenters. The zero-order valence-corrected chi connectivity index (χ0v) is 27.3. The van der Waals surface area contributed by atoms with E-state index >= 15 is 0 Å². The largest absolute Gasteiger partial charge is 0.383 e. The van der Waals surface area contributed by atoms with Gasteiger partial charge in [0.2, 0.25) is 11.7 Å². The Balaban J connectivity index is 1.82. The lowest BCUT2D eigenvalue weighted by Crippen LogP contribution is -2.58. The molecule has 0 aromatic rings. The molecule has 2 aliphatic carbocycles. The number of urea groups is 1. The number of nitrogens with one attached hydrogen (secondary N) is 3. The number of carbonyl (C=O) groups excluding carboxylic acids is 4. The first-order valence-electron chi connectivity index (χ1n) is 16.0. The van der Waals surface area contributed by atoms with Crippen LogP contribution in [0, 0.1) is 28.6 Å². The molecule has 3 fully saturated rings. The van der Waals surface area contributed by atoms with Crippen molar-refractivity contribution in [3.05, 3.63) is 12.3 Å². The van der Waals surface area contributed by atoms with Crippen LogP contribution in [-0.2, 0) is 19.1 Å². The van der Waals surface area contributed by atoms with Gasteiger partial charge in [0.15, 0.2) is 5.78 Å². The van der Waals surface area contributed by atoms with Crippen molar-refractivity contribution >= 4 is 23.5 Å². The van der Waals surface area contributed by atoms with Gasteiger partial charge in [-0.2, -0.15) is 0 Å².